The number of hydrogen-bond acceptors (Lipinski definition) is 3. The minimum atomic E-state index is -3.12. The Morgan fingerprint density at radius 1 is 1.39 bits per heavy atom. The summed E-state index contributed by atoms with van der Waals surface area (Å²) in [7, 11) is -3.12. The van der Waals surface area contributed by atoms with Crippen molar-refractivity contribution in [2.75, 3.05) is 6.54 Å². The van der Waals surface area contributed by atoms with Gasteiger partial charge in [-0.2, -0.15) is 0 Å². The van der Waals surface area contributed by atoms with Crippen molar-refractivity contribution in [3.8, 4) is 11.8 Å². The maximum atomic E-state index is 11.7. The first-order valence-electron chi connectivity index (χ1n) is 5.88. The molecule has 18 heavy (non-hydrogen) atoms. The zero-order chi connectivity index (χ0) is 13.0. The lowest BCUT2D eigenvalue weighted by Crippen LogP contribution is -2.26. The fourth-order valence-electron chi connectivity index (χ4n) is 1.59. The van der Waals surface area contributed by atoms with Gasteiger partial charge in [0, 0.05) is 12.1 Å². The van der Waals surface area contributed by atoms with Gasteiger partial charge < -0.3 is 5.73 Å². The van der Waals surface area contributed by atoms with E-state index in [2.05, 4.69) is 16.6 Å². The molecule has 0 aromatic heterocycles. The lowest BCUT2D eigenvalue weighted by Gasteiger charge is -2.05. The first kappa shape index (κ1) is 13.1. The van der Waals surface area contributed by atoms with Crippen LogP contribution >= 0.6 is 0 Å². The molecule has 1 saturated carbocycles. The molecule has 0 amide bonds. The van der Waals surface area contributed by atoms with Crippen molar-refractivity contribution in [1.82, 2.24) is 4.72 Å². The van der Waals surface area contributed by atoms with Crippen LogP contribution in [0, 0.1) is 11.8 Å². The van der Waals surface area contributed by atoms with E-state index < -0.39 is 10.0 Å². The predicted octanol–water partition coefficient (Wildman–Crippen LogP) is 0.579. The largest absolute Gasteiger partial charge is 0.320 e. The molecule has 1 aliphatic rings. The van der Waals surface area contributed by atoms with Crippen LogP contribution in [0.4, 0.5) is 0 Å². The van der Waals surface area contributed by atoms with Gasteiger partial charge in [0.2, 0.25) is 10.0 Å². The molecule has 1 aromatic carbocycles. The van der Waals surface area contributed by atoms with E-state index in [1.165, 1.54) is 0 Å². The lowest BCUT2D eigenvalue weighted by molar-refractivity contribution is 0.580. The molecular formula is C13H16N2O2S. The number of rotatable bonds is 4. The summed E-state index contributed by atoms with van der Waals surface area (Å²) >= 11 is 0. The quantitative estimate of drug-likeness (QED) is 0.781. The van der Waals surface area contributed by atoms with Gasteiger partial charge in [-0.15, -0.1) is 0 Å². The Morgan fingerprint density at radius 3 is 2.83 bits per heavy atom. The lowest BCUT2D eigenvalue weighted by atomic mass is 10.1. The highest BCUT2D eigenvalue weighted by molar-refractivity contribution is 7.90. The third kappa shape index (κ3) is 3.57. The topological polar surface area (TPSA) is 72.2 Å². The summed E-state index contributed by atoms with van der Waals surface area (Å²) in [5.41, 5.74) is 7.06. The summed E-state index contributed by atoms with van der Waals surface area (Å²) in [6, 6.07) is 7.49. The van der Waals surface area contributed by atoms with Gasteiger partial charge >= 0.3 is 0 Å². The van der Waals surface area contributed by atoms with Crippen LogP contribution in [0.3, 0.4) is 0 Å². The molecule has 1 aliphatic carbocycles. The third-order valence-electron chi connectivity index (χ3n) is 2.70. The van der Waals surface area contributed by atoms with Crippen LogP contribution in [0.1, 0.15) is 24.0 Å². The van der Waals surface area contributed by atoms with Gasteiger partial charge in [0.1, 0.15) is 0 Å². The summed E-state index contributed by atoms with van der Waals surface area (Å²) < 4.78 is 26.0. The van der Waals surface area contributed by atoms with E-state index in [0.29, 0.717) is 13.1 Å². The van der Waals surface area contributed by atoms with Gasteiger partial charge in [-0.3, -0.25) is 0 Å². The standard InChI is InChI=1S/C13H16N2O2S/c14-8-2-5-11-3-1-4-12(9-11)10-15-18(16,17)13-6-7-13/h1,3-4,9,13,15H,6-8,10,14H2. The van der Waals surface area contributed by atoms with Crippen molar-refractivity contribution in [1.29, 1.82) is 0 Å². The number of benzene rings is 1. The first-order chi connectivity index (χ1) is 8.62. The van der Waals surface area contributed by atoms with Gasteiger partial charge in [-0.1, -0.05) is 24.0 Å². The molecule has 96 valence electrons. The fraction of sp³-hybridized carbons (Fsp3) is 0.385. The van der Waals surface area contributed by atoms with Crippen LogP contribution in [-0.4, -0.2) is 20.2 Å². The van der Waals surface area contributed by atoms with Crippen LogP contribution in [0.15, 0.2) is 24.3 Å². The molecule has 2 rings (SSSR count). The molecule has 0 unspecified atom stereocenters. The zero-order valence-electron chi connectivity index (χ0n) is 10.0. The van der Waals surface area contributed by atoms with E-state index in [1.807, 2.05) is 24.3 Å². The molecule has 0 bridgehead atoms. The number of hydrogen-bond donors (Lipinski definition) is 2. The molecule has 0 spiro atoms. The van der Waals surface area contributed by atoms with Crippen LogP contribution in [0.2, 0.25) is 0 Å². The smallest absolute Gasteiger partial charge is 0.214 e. The van der Waals surface area contributed by atoms with Gasteiger partial charge in [0.15, 0.2) is 0 Å². The van der Waals surface area contributed by atoms with E-state index in [1.54, 1.807) is 0 Å². The SMILES string of the molecule is NCC#Cc1cccc(CNS(=O)(=O)C2CC2)c1. The Balaban J connectivity index is 2.01. The Morgan fingerprint density at radius 2 is 2.17 bits per heavy atom. The van der Waals surface area contributed by atoms with E-state index in [0.717, 1.165) is 24.0 Å². The minimum absolute atomic E-state index is 0.183. The van der Waals surface area contributed by atoms with Crippen molar-refractivity contribution >= 4 is 10.0 Å². The molecule has 0 heterocycles. The molecule has 3 N–H and O–H groups in total. The Hall–Kier alpha value is -1.35. The van der Waals surface area contributed by atoms with E-state index in [4.69, 9.17) is 5.73 Å². The maximum Gasteiger partial charge on any atom is 0.214 e. The van der Waals surface area contributed by atoms with Gasteiger partial charge in [0.25, 0.3) is 0 Å². The van der Waals surface area contributed by atoms with Crippen LogP contribution in [-0.2, 0) is 16.6 Å². The highest BCUT2D eigenvalue weighted by Crippen LogP contribution is 2.27. The van der Waals surface area contributed by atoms with E-state index in [-0.39, 0.29) is 5.25 Å². The van der Waals surface area contributed by atoms with Crippen LogP contribution < -0.4 is 10.5 Å². The minimum Gasteiger partial charge on any atom is -0.320 e. The fourth-order valence-corrected chi connectivity index (χ4v) is 2.95. The highest BCUT2D eigenvalue weighted by atomic mass is 32.2. The monoisotopic (exact) mass is 264 g/mol. The number of nitrogens with one attached hydrogen (secondary N) is 1. The van der Waals surface area contributed by atoms with Gasteiger partial charge in [0.05, 0.1) is 11.8 Å². The van der Waals surface area contributed by atoms with Crippen LogP contribution in [0.25, 0.3) is 0 Å². The summed E-state index contributed by atoms with van der Waals surface area (Å²) in [6.07, 6.45) is 1.55. The summed E-state index contributed by atoms with van der Waals surface area (Å²) in [4.78, 5) is 0. The average molecular weight is 264 g/mol. The Kier molecular flexibility index (Phi) is 4.02. The van der Waals surface area contributed by atoms with Gasteiger partial charge in [-0.25, -0.2) is 13.1 Å². The summed E-state index contributed by atoms with van der Waals surface area (Å²) in [6.45, 7) is 0.634. The molecule has 4 nitrogen and oxygen atoms in total. The zero-order valence-corrected chi connectivity index (χ0v) is 10.8. The normalized spacial score (nSPS) is 14.9. The van der Waals surface area contributed by atoms with Crippen molar-refractivity contribution in [3.63, 3.8) is 0 Å². The summed E-state index contributed by atoms with van der Waals surface area (Å²) in [5.74, 6) is 5.70. The maximum absolute atomic E-state index is 11.7. The predicted molar refractivity (Wildman–Crippen MR) is 71.2 cm³/mol. The summed E-state index contributed by atoms with van der Waals surface area (Å²) in [5, 5.41) is -0.183. The van der Waals surface area contributed by atoms with Crippen molar-refractivity contribution in [3.05, 3.63) is 35.4 Å². The third-order valence-corrected chi connectivity index (χ3v) is 4.60. The highest BCUT2D eigenvalue weighted by Gasteiger charge is 2.35. The second-order valence-corrected chi connectivity index (χ2v) is 6.32. The van der Waals surface area contributed by atoms with Gasteiger partial charge in [-0.05, 0) is 30.5 Å². The number of sulfonamides is 1. The Bertz CT molecular complexity index is 580. The molecule has 0 atom stereocenters. The molecule has 5 heteroatoms. The van der Waals surface area contributed by atoms with E-state index >= 15 is 0 Å². The molecule has 0 aliphatic heterocycles. The molecule has 0 radical (unpaired) electrons. The Labute approximate surface area is 108 Å². The molecule has 1 fully saturated rings. The van der Waals surface area contributed by atoms with Crippen molar-refractivity contribution in [2.24, 2.45) is 5.73 Å². The number of nitrogens with two attached hydrogens (primary N) is 1. The molecular weight excluding hydrogens is 248 g/mol. The van der Waals surface area contributed by atoms with Crippen molar-refractivity contribution < 1.29 is 8.42 Å². The van der Waals surface area contributed by atoms with E-state index in [9.17, 15) is 8.42 Å². The first-order valence-corrected chi connectivity index (χ1v) is 7.43. The molecule has 1 aromatic rings. The average Bonchev–Trinajstić information content (AvgIpc) is 3.19. The van der Waals surface area contributed by atoms with Crippen LogP contribution in [0.5, 0.6) is 0 Å². The molecule has 0 saturated heterocycles. The van der Waals surface area contributed by atoms with Crippen molar-refractivity contribution in [2.45, 2.75) is 24.6 Å². The second kappa shape index (κ2) is 5.53. The second-order valence-electron chi connectivity index (χ2n) is 4.27.